The van der Waals surface area contributed by atoms with E-state index in [2.05, 4.69) is 15.6 Å². The second-order valence-electron chi connectivity index (χ2n) is 7.03. The maximum atomic E-state index is 12.7. The molecular formula is C24H20ClN3O4S2. The van der Waals surface area contributed by atoms with Gasteiger partial charge < -0.3 is 20.1 Å². The molecule has 0 aliphatic rings. The number of aromatic nitrogens is 1. The number of anilines is 2. The molecule has 2 N–H and O–H groups in total. The van der Waals surface area contributed by atoms with Crippen molar-refractivity contribution in [2.75, 3.05) is 30.6 Å². The Kier molecular flexibility index (Phi) is 7.56. The number of fused-ring (bicyclic) bond motifs is 1. The van der Waals surface area contributed by atoms with Gasteiger partial charge in [0.15, 0.2) is 15.8 Å². The number of halogens is 1. The zero-order valence-corrected chi connectivity index (χ0v) is 20.6. The van der Waals surface area contributed by atoms with Crippen molar-refractivity contribution in [3.63, 3.8) is 0 Å². The Hall–Kier alpha value is -3.27. The Balaban J connectivity index is 1.40. The number of thioether (sulfide) groups is 1. The first-order chi connectivity index (χ1) is 16.4. The largest absolute Gasteiger partial charge is 0.493 e. The molecule has 0 saturated heterocycles. The molecule has 2 amide bonds. The Labute approximate surface area is 209 Å². The molecule has 7 nitrogen and oxygen atoms in total. The van der Waals surface area contributed by atoms with Gasteiger partial charge in [0.25, 0.3) is 5.91 Å². The minimum absolute atomic E-state index is 0.144. The number of thiazole rings is 1. The van der Waals surface area contributed by atoms with Gasteiger partial charge in [-0.1, -0.05) is 29.4 Å². The standard InChI is InChI=1S/C24H20ClN3O4S2/c1-31-19-9-6-14(10-20(19)32-2)23(30)27-17-7-8-18-21(12-17)34-24(28-18)33-13-22(29)26-16-5-3-4-15(25)11-16/h3-12H,13H2,1-2H3,(H,26,29)(H,27,30). The van der Waals surface area contributed by atoms with Crippen LogP contribution < -0.4 is 20.1 Å². The monoisotopic (exact) mass is 513 g/mol. The van der Waals surface area contributed by atoms with Gasteiger partial charge in [-0.3, -0.25) is 9.59 Å². The molecule has 4 rings (SSSR count). The maximum Gasteiger partial charge on any atom is 0.255 e. The van der Waals surface area contributed by atoms with Gasteiger partial charge >= 0.3 is 0 Å². The fourth-order valence-electron chi connectivity index (χ4n) is 3.11. The second-order valence-corrected chi connectivity index (χ2v) is 9.72. The van der Waals surface area contributed by atoms with E-state index in [1.54, 1.807) is 55.6 Å². The summed E-state index contributed by atoms with van der Waals surface area (Å²) in [5, 5.41) is 6.27. The number of rotatable bonds is 8. The lowest BCUT2D eigenvalue weighted by Gasteiger charge is -2.10. The number of carbonyl (C=O) groups is 2. The molecule has 0 aliphatic heterocycles. The third-order valence-corrected chi connectivity index (χ3v) is 7.10. The molecule has 0 bridgehead atoms. The summed E-state index contributed by atoms with van der Waals surface area (Å²) in [6, 6.07) is 17.5. The minimum atomic E-state index is -0.267. The van der Waals surface area contributed by atoms with E-state index in [1.807, 2.05) is 12.1 Å². The van der Waals surface area contributed by atoms with E-state index in [1.165, 1.54) is 30.2 Å². The van der Waals surface area contributed by atoms with E-state index in [0.717, 1.165) is 14.6 Å². The maximum absolute atomic E-state index is 12.7. The molecule has 0 aliphatic carbocycles. The van der Waals surface area contributed by atoms with Gasteiger partial charge in [-0.05, 0) is 54.6 Å². The number of methoxy groups -OCH3 is 2. The van der Waals surface area contributed by atoms with Crippen LogP contribution in [0.2, 0.25) is 5.02 Å². The van der Waals surface area contributed by atoms with Crippen molar-refractivity contribution in [3.05, 3.63) is 71.2 Å². The highest BCUT2D eigenvalue weighted by Crippen LogP contribution is 2.32. The molecule has 0 fully saturated rings. The zero-order chi connectivity index (χ0) is 24.1. The van der Waals surface area contributed by atoms with Crippen LogP contribution in [0.3, 0.4) is 0 Å². The Bertz CT molecular complexity index is 1360. The summed E-state index contributed by atoms with van der Waals surface area (Å²) in [7, 11) is 3.06. The average Bonchev–Trinajstić information content (AvgIpc) is 3.24. The Morgan fingerprint density at radius 2 is 1.76 bits per heavy atom. The number of hydrogen-bond donors (Lipinski definition) is 2. The van der Waals surface area contributed by atoms with Crippen LogP contribution >= 0.6 is 34.7 Å². The highest BCUT2D eigenvalue weighted by atomic mass is 35.5. The number of nitrogens with zero attached hydrogens (tertiary/aromatic N) is 1. The van der Waals surface area contributed by atoms with Gasteiger partial charge in [0.2, 0.25) is 5.91 Å². The summed E-state index contributed by atoms with van der Waals surface area (Å²) >= 11 is 8.76. The van der Waals surface area contributed by atoms with Crippen LogP contribution in [0.15, 0.2) is 65.0 Å². The SMILES string of the molecule is COc1ccc(C(=O)Nc2ccc3nc(SCC(=O)Nc4cccc(Cl)c4)sc3c2)cc1OC. The van der Waals surface area contributed by atoms with Crippen molar-refractivity contribution in [2.24, 2.45) is 0 Å². The van der Waals surface area contributed by atoms with Crippen LogP contribution in [0, 0.1) is 0 Å². The molecule has 0 saturated carbocycles. The van der Waals surface area contributed by atoms with Crippen molar-refractivity contribution in [2.45, 2.75) is 4.34 Å². The number of nitrogens with one attached hydrogen (secondary N) is 2. The molecular weight excluding hydrogens is 494 g/mol. The van der Waals surface area contributed by atoms with E-state index >= 15 is 0 Å². The van der Waals surface area contributed by atoms with E-state index in [-0.39, 0.29) is 17.6 Å². The van der Waals surface area contributed by atoms with Gasteiger partial charge in [0, 0.05) is 22.0 Å². The Morgan fingerprint density at radius 1 is 0.971 bits per heavy atom. The van der Waals surface area contributed by atoms with Crippen LogP contribution in [0.5, 0.6) is 11.5 Å². The summed E-state index contributed by atoms with van der Waals surface area (Å²) in [6.45, 7) is 0. The number of ether oxygens (including phenoxy) is 2. The molecule has 174 valence electrons. The quantitative estimate of drug-likeness (QED) is 0.283. The first-order valence-electron chi connectivity index (χ1n) is 10.1. The fraction of sp³-hybridized carbons (Fsp3) is 0.125. The highest BCUT2D eigenvalue weighted by molar-refractivity contribution is 8.01. The highest BCUT2D eigenvalue weighted by Gasteiger charge is 2.13. The van der Waals surface area contributed by atoms with Gasteiger partial charge in [-0.15, -0.1) is 11.3 Å². The molecule has 1 aromatic heterocycles. The second kappa shape index (κ2) is 10.8. The summed E-state index contributed by atoms with van der Waals surface area (Å²) in [6.07, 6.45) is 0. The van der Waals surface area contributed by atoms with Crippen LogP contribution in [0.1, 0.15) is 10.4 Å². The molecule has 0 unspecified atom stereocenters. The molecule has 0 spiro atoms. The lowest BCUT2D eigenvalue weighted by molar-refractivity contribution is -0.113. The van der Waals surface area contributed by atoms with Crippen molar-refractivity contribution in [3.8, 4) is 11.5 Å². The van der Waals surface area contributed by atoms with Crippen LogP contribution in [0.4, 0.5) is 11.4 Å². The van der Waals surface area contributed by atoms with E-state index in [4.69, 9.17) is 21.1 Å². The molecule has 3 aromatic carbocycles. The number of hydrogen-bond acceptors (Lipinski definition) is 7. The molecule has 1 heterocycles. The smallest absolute Gasteiger partial charge is 0.255 e. The van der Waals surface area contributed by atoms with Gasteiger partial charge in [-0.25, -0.2) is 4.98 Å². The lowest BCUT2D eigenvalue weighted by Crippen LogP contribution is -2.13. The molecule has 0 radical (unpaired) electrons. The van der Waals surface area contributed by atoms with E-state index in [9.17, 15) is 9.59 Å². The molecule has 0 atom stereocenters. The summed E-state index contributed by atoms with van der Waals surface area (Å²) in [5.74, 6) is 0.840. The summed E-state index contributed by atoms with van der Waals surface area (Å²) in [5.41, 5.74) is 2.54. The van der Waals surface area contributed by atoms with Crippen molar-refractivity contribution in [1.29, 1.82) is 0 Å². The van der Waals surface area contributed by atoms with E-state index in [0.29, 0.717) is 33.5 Å². The zero-order valence-electron chi connectivity index (χ0n) is 18.3. The van der Waals surface area contributed by atoms with Crippen LogP contribution in [-0.4, -0.2) is 36.8 Å². The van der Waals surface area contributed by atoms with E-state index < -0.39 is 0 Å². The van der Waals surface area contributed by atoms with Crippen molar-refractivity contribution < 1.29 is 19.1 Å². The number of benzene rings is 3. The minimum Gasteiger partial charge on any atom is -0.493 e. The fourth-order valence-corrected chi connectivity index (χ4v) is 5.21. The van der Waals surface area contributed by atoms with Gasteiger partial charge in [0.05, 0.1) is 30.2 Å². The predicted octanol–water partition coefficient (Wildman–Crippen LogP) is 5.95. The van der Waals surface area contributed by atoms with Crippen molar-refractivity contribution in [1.82, 2.24) is 4.98 Å². The number of carbonyl (C=O) groups excluding carboxylic acids is 2. The molecule has 34 heavy (non-hydrogen) atoms. The molecule has 4 aromatic rings. The van der Waals surface area contributed by atoms with Crippen LogP contribution in [0.25, 0.3) is 10.2 Å². The first-order valence-corrected chi connectivity index (χ1v) is 12.3. The average molecular weight is 514 g/mol. The molecule has 10 heteroatoms. The van der Waals surface area contributed by atoms with Crippen molar-refractivity contribution >= 4 is 68.1 Å². The van der Waals surface area contributed by atoms with Gasteiger partial charge in [0.1, 0.15) is 0 Å². The first kappa shape index (κ1) is 23.9. The van der Waals surface area contributed by atoms with Crippen LogP contribution in [-0.2, 0) is 4.79 Å². The summed E-state index contributed by atoms with van der Waals surface area (Å²) < 4.78 is 12.2. The topological polar surface area (TPSA) is 89.5 Å². The Morgan fingerprint density at radius 3 is 2.53 bits per heavy atom. The summed E-state index contributed by atoms with van der Waals surface area (Å²) in [4.78, 5) is 29.5. The predicted molar refractivity (Wildman–Crippen MR) is 138 cm³/mol. The lowest BCUT2D eigenvalue weighted by atomic mass is 10.2. The normalized spacial score (nSPS) is 10.7. The number of amides is 2. The third-order valence-electron chi connectivity index (χ3n) is 4.71. The third kappa shape index (κ3) is 5.80. The van der Waals surface area contributed by atoms with Gasteiger partial charge in [-0.2, -0.15) is 0 Å².